The lowest BCUT2D eigenvalue weighted by Crippen LogP contribution is -2.46. The van der Waals surface area contributed by atoms with Crippen LogP contribution >= 0.6 is 11.8 Å². The van der Waals surface area contributed by atoms with Gasteiger partial charge in [0.2, 0.25) is 5.91 Å². The third-order valence-electron chi connectivity index (χ3n) is 5.16. The second kappa shape index (κ2) is 12.3. The highest BCUT2D eigenvalue weighted by Gasteiger charge is 2.16. The van der Waals surface area contributed by atoms with E-state index in [1.807, 2.05) is 24.3 Å². The molecule has 3 rings (SSSR count). The molecule has 0 unspecified atom stereocenters. The van der Waals surface area contributed by atoms with Crippen LogP contribution in [0, 0.1) is 0 Å². The topological polar surface area (TPSA) is 90.7 Å². The molecule has 0 spiro atoms. The number of para-hydroxylation sites is 1. The SMILES string of the molecule is NC(=O)CSc1ccccc1NC(=O)NCCCN1CCN(Cc2ccccc2)CC1. The van der Waals surface area contributed by atoms with Crippen molar-refractivity contribution in [3.05, 3.63) is 60.2 Å². The quantitative estimate of drug-likeness (QED) is 0.389. The van der Waals surface area contributed by atoms with E-state index < -0.39 is 0 Å². The van der Waals surface area contributed by atoms with Gasteiger partial charge in [0, 0.05) is 44.2 Å². The van der Waals surface area contributed by atoms with Crippen molar-refractivity contribution in [3.63, 3.8) is 0 Å². The summed E-state index contributed by atoms with van der Waals surface area (Å²) in [5, 5.41) is 5.77. The summed E-state index contributed by atoms with van der Waals surface area (Å²) in [5.41, 5.74) is 7.25. The molecule has 1 saturated heterocycles. The van der Waals surface area contributed by atoms with Crippen LogP contribution in [0.1, 0.15) is 12.0 Å². The normalized spacial score (nSPS) is 14.8. The molecule has 7 nitrogen and oxygen atoms in total. The maximum atomic E-state index is 12.2. The monoisotopic (exact) mass is 441 g/mol. The van der Waals surface area contributed by atoms with Gasteiger partial charge < -0.3 is 21.3 Å². The summed E-state index contributed by atoms with van der Waals surface area (Å²) in [4.78, 5) is 29.0. The predicted octanol–water partition coefficient (Wildman–Crippen LogP) is 2.59. The largest absolute Gasteiger partial charge is 0.369 e. The molecular formula is C23H31N5O2S. The lowest BCUT2D eigenvalue weighted by Gasteiger charge is -2.34. The summed E-state index contributed by atoms with van der Waals surface area (Å²) in [7, 11) is 0. The molecule has 4 N–H and O–H groups in total. The fourth-order valence-corrected chi connectivity index (χ4v) is 4.28. The van der Waals surface area contributed by atoms with E-state index in [0.29, 0.717) is 12.2 Å². The van der Waals surface area contributed by atoms with Crippen LogP contribution in [0.5, 0.6) is 0 Å². The number of carbonyl (C=O) groups excluding carboxylic acids is 2. The number of benzene rings is 2. The number of urea groups is 1. The minimum atomic E-state index is -0.384. The van der Waals surface area contributed by atoms with Gasteiger partial charge in [-0.05, 0) is 30.7 Å². The summed E-state index contributed by atoms with van der Waals surface area (Å²) < 4.78 is 0. The van der Waals surface area contributed by atoms with Gasteiger partial charge in [-0.2, -0.15) is 0 Å². The van der Waals surface area contributed by atoms with Crippen molar-refractivity contribution in [2.45, 2.75) is 17.9 Å². The molecule has 3 amide bonds. The summed E-state index contributed by atoms with van der Waals surface area (Å²) in [6.45, 7) is 6.87. The van der Waals surface area contributed by atoms with E-state index >= 15 is 0 Å². The van der Waals surface area contributed by atoms with Crippen LogP contribution in [0.25, 0.3) is 0 Å². The number of thioether (sulfide) groups is 1. The zero-order valence-electron chi connectivity index (χ0n) is 17.8. The van der Waals surface area contributed by atoms with Crippen LogP contribution in [0.2, 0.25) is 0 Å². The highest BCUT2D eigenvalue weighted by Crippen LogP contribution is 2.26. The molecule has 0 bridgehead atoms. The van der Waals surface area contributed by atoms with E-state index in [9.17, 15) is 9.59 Å². The molecule has 0 atom stereocenters. The van der Waals surface area contributed by atoms with Gasteiger partial charge in [0.25, 0.3) is 0 Å². The Morgan fingerprint density at radius 1 is 0.935 bits per heavy atom. The number of nitrogens with zero attached hydrogens (tertiary/aromatic N) is 2. The van der Waals surface area contributed by atoms with Crippen molar-refractivity contribution in [3.8, 4) is 0 Å². The van der Waals surface area contributed by atoms with E-state index in [1.54, 1.807) is 0 Å². The van der Waals surface area contributed by atoms with Crippen LogP contribution in [0.15, 0.2) is 59.5 Å². The summed E-state index contributed by atoms with van der Waals surface area (Å²) >= 11 is 1.32. The first-order chi connectivity index (χ1) is 15.1. The number of carbonyl (C=O) groups is 2. The maximum absolute atomic E-state index is 12.2. The number of anilines is 1. The van der Waals surface area contributed by atoms with E-state index in [0.717, 1.165) is 50.6 Å². The Morgan fingerprint density at radius 2 is 1.61 bits per heavy atom. The lowest BCUT2D eigenvalue weighted by atomic mass is 10.2. The van der Waals surface area contributed by atoms with Gasteiger partial charge in [0.05, 0.1) is 11.4 Å². The van der Waals surface area contributed by atoms with Gasteiger partial charge in [-0.25, -0.2) is 4.79 Å². The third kappa shape index (κ3) is 8.24. The number of nitrogens with two attached hydrogens (primary N) is 1. The first-order valence-corrected chi connectivity index (χ1v) is 11.6. The van der Waals surface area contributed by atoms with Crippen LogP contribution in [0.4, 0.5) is 10.5 Å². The minimum Gasteiger partial charge on any atom is -0.369 e. The van der Waals surface area contributed by atoms with Gasteiger partial charge in [-0.1, -0.05) is 42.5 Å². The Hall–Kier alpha value is -2.55. The highest BCUT2D eigenvalue weighted by molar-refractivity contribution is 8.00. The molecule has 1 fully saturated rings. The van der Waals surface area contributed by atoms with Gasteiger partial charge in [-0.15, -0.1) is 11.8 Å². The second-order valence-electron chi connectivity index (χ2n) is 7.59. The molecule has 0 radical (unpaired) electrons. The van der Waals surface area contributed by atoms with Crippen molar-refractivity contribution < 1.29 is 9.59 Å². The standard InChI is InChI=1S/C23H31N5O2S/c24-22(29)18-31-21-10-5-4-9-20(21)26-23(30)25-11-6-12-27-13-15-28(16-14-27)17-19-7-2-1-3-8-19/h1-5,7-10H,6,11-18H2,(H2,24,29)(H2,25,26,30). The van der Waals surface area contributed by atoms with E-state index in [-0.39, 0.29) is 17.7 Å². The molecule has 8 heteroatoms. The number of primary amides is 1. The number of hydrogen-bond donors (Lipinski definition) is 3. The van der Waals surface area contributed by atoms with E-state index in [1.165, 1.54) is 17.3 Å². The van der Waals surface area contributed by atoms with Crippen molar-refractivity contribution in [1.82, 2.24) is 15.1 Å². The first kappa shape index (κ1) is 23.1. The number of nitrogens with one attached hydrogen (secondary N) is 2. The average molecular weight is 442 g/mol. The second-order valence-corrected chi connectivity index (χ2v) is 8.61. The minimum absolute atomic E-state index is 0.179. The summed E-state index contributed by atoms with van der Waals surface area (Å²) in [6.07, 6.45) is 0.907. The molecule has 1 aliphatic rings. The molecule has 2 aromatic rings. The summed E-state index contributed by atoms with van der Waals surface area (Å²) in [5.74, 6) is -0.205. The molecule has 166 valence electrons. The van der Waals surface area contributed by atoms with Gasteiger partial charge >= 0.3 is 6.03 Å². The zero-order valence-corrected chi connectivity index (χ0v) is 18.6. The Bertz CT molecular complexity index is 841. The first-order valence-electron chi connectivity index (χ1n) is 10.6. The smallest absolute Gasteiger partial charge is 0.319 e. The van der Waals surface area contributed by atoms with Crippen LogP contribution in [-0.4, -0.2) is 66.8 Å². The Balaban J connectivity index is 1.31. The third-order valence-corrected chi connectivity index (χ3v) is 6.25. The van der Waals surface area contributed by atoms with Crippen molar-refractivity contribution in [2.75, 3.05) is 50.3 Å². The Labute approximate surface area is 188 Å². The van der Waals surface area contributed by atoms with Gasteiger partial charge in [0.15, 0.2) is 0 Å². The van der Waals surface area contributed by atoms with Gasteiger partial charge in [-0.3, -0.25) is 9.69 Å². The average Bonchev–Trinajstić information content (AvgIpc) is 2.78. The van der Waals surface area contributed by atoms with Crippen LogP contribution < -0.4 is 16.4 Å². The van der Waals surface area contributed by atoms with Crippen molar-refractivity contribution >= 4 is 29.4 Å². The lowest BCUT2D eigenvalue weighted by molar-refractivity contribution is -0.115. The number of amides is 3. The molecular weight excluding hydrogens is 410 g/mol. The number of hydrogen-bond acceptors (Lipinski definition) is 5. The molecule has 1 aliphatic heterocycles. The zero-order chi connectivity index (χ0) is 21.9. The fourth-order valence-electron chi connectivity index (χ4n) is 3.53. The number of rotatable bonds is 10. The molecule has 31 heavy (non-hydrogen) atoms. The van der Waals surface area contributed by atoms with Crippen LogP contribution in [-0.2, 0) is 11.3 Å². The van der Waals surface area contributed by atoms with Crippen molar-refractivity contribution in [1.29, 1.82) is 0 Å². The molecule has 1 heterocycles. The number of piperazine rings is 1. The Morgan fingerprint density at radius 3 is 2.35 bits per heavy atom. The molecule has 0 aromatic heterocycles. The Kier molecular flexibility index (Phi) is 9.20. The summed E-state index contributed by atoms with van der Waals surface area (Å²) in [6, 6.07) is 17.7. The van der Waals surface area contributed by atoms with E-state index in [2.05, 4.69) is 50.8 Å². The maximum Gasteiger partial charge on any atom is 0.319 e. The predicted molar refractivity (Wildman–Crippen MR) is 126 cm³/mol. The molecule has 2 aromatic carbocycles. The fraction of sp³-hybridized carbons (Fsp3) is 0.391. The molecule has 0 saturated carbocycles. The highest BCUT2D eigenvalue weighted by atomic mass is 32.2. The van der Waals surface area contributed by atoms with Gasteiger partial charge in [0.1, 0.15) is 0 Å². The van der Waals surface area contributed by atoms with Crippen LogP contribution in [0.3, 0.4) is 0 Å². The molecule has 0 aliphatic carbocycles. The van der Waals surface area contributed by atoms with E-state index in [4.69, 9.17) is 5.73 Å². The van der Waals surface area contributed by atoms with Crippen molar-refractivity contribution in [2.24, 2.45) is 5.73 Å².